The number of ether oxygens (including phenoxy) is 1. The van der Waals surface area contributed by atoms with Gasteiger partial charge in [-0.25, -0.2) is 0 Å². The SMILES string of the molecule is COC(C)(C)CC1CC(C)C(O)C(C)C1. The number of hydrogen-bond acceptors (Lipinski definition) is 2. The smallest absolute Gasteiger partial charge is 0.0625 e. The molecule has 1 saturated carbocycles. The molecule has 2 atom stereocenters. The Morgan fingerprint density at radius 3 is 2.07 bits per heavy atom. The van der Waals surface area contributed by atoms with Crippen molar-refractivity contribution in [1.82, 2.24) is 0 Å². The Hall–Kier alpha value is -0.0800. The third-order valence-corrected chi connectivity index (χ3v) is 3.91. The molecule has 0 aromatic carbocycles. The van der Waals surface area contributed by atoms with E-state index in [-0.39, 0.29) is 11.7 Å². The minimum Gasteiger partial charge on any atom is -0.393 e. The quantitative estimate of drug-likeness (QED) is 0.783. The van der Waals surface area contributed by atoms with Crippen LogP contribution in [0.2, 0.25) is 0 Å². The fourth-order valence-electron chi connectivity index (χ4n) is 2.93. The summed E-state index contributed by atoms with van der Waals surface area (Å²) in [5.74, 6) is 1.58. The van der Waals surface area contributed by atoms with Gasteiger partial charge in [0.15, 0.2) is 0 Å². The molecule has 2 unspecified atom stereocenters. The molecule has 0 spiro atoms. The van der Waals surface area contributed by atoms with Crippen molar-refractivity contribution in [2.45, 2.75) is 58.7 Å². The Morgan fingerprint density at radius 1 is 1.20 bits per heavy atom. The Bertz CT molecular complexity index is 189. The maximum Gasteiger partial charge on any atom is 0.0625 e. The maximum atomic E-state index is 9.89. The molecule has 0 bridgehead atoms. The first kappa shape index (κ1) is 13.0. The summed E-state index contributed by atoms with van der Waals surface area (Å²) in [5, 5.41) is 9.89. The maximum absolute atomic E-state index is 9.89. The van der Waals surface area contributed by atoms with E-state index in [2.05, 4.69) is 27.7 Å². The van der Waals surface area contributed by atoms with Crippen LogP contribution in [0, 0.1) is 17.8 Å². The molecule has 1 rings (SSSR count). The van der Waals surface area contributed by atoms with E-state index in [0.29, 0.717) is 17.8 Å². The van der Waals surface area contributed by atoms with Crippen LogP contribution in [0.4, 0.5) is 0 Å². The van der Waals surface area contributed by atoms with E-state index in [0.717, 1.165) is 19.3 Å². The summed E-state index contributed by atoms with van der Waals surface area (Å²) >= 11 is 0. The van der Waals surface area contributed by atoms with Crippen molar-refractivity contribution in [3.8, 4) is 0 Å². The molecule has 1 N–H and O–H groups in total. The first-order chi connectivity index (χ1) is 6.85. The van der Waals surface area contributed by atoms with Gasteiger partial charge in [-0.15, -0.1) is 0 Å². The summed E-state index contributed by atoms with van der Waals surface area (Å²) in [6, 6.07) is 0. The van der Waals surface area contributed by atoms with Crippen LogP contribution >= 0.6 is 0 Å². The lowest BCUT2D eigenvalue weighted by molar-refractivity contribution is -0.0344. The summed E-state index contributed by atoms with van der Waals surface area (Å²) < 4.78 is 5.48. The minimum atomic E-state index is -0.105. The second kappa shape index (κ2) is 4.84. The number of aliphatic hydroxyl groups is 1. The minimum absolute atomic E-state index is 0.0214. The first-order valence-corrected chi connectivity index (χ1v) is 6.09. The Balaban J connectivity index is 2.51. The average molecular weight is 214 g/mol. The zero-order chi connectivity index (χ0) is 11.6. The van der Waals surface area contributed by atoms with Gasteiger partial charge in [-0.2, -0.15) is 0 Å². The molecule has 1 aliphatic carbocycles. The zero-order valence-electron chi connectivity index (χ0n) is 10.8. The lowest BCUT2D eigenvalue weighted by Gasteiger charge is -2.39. The van der Waals surface area contributed by atoms with Gasteiger partial charge in [-0.1, -0.05) is 13.8 Å². The van der Waals surface area contributed by atoms with Crippen LogP contribution < -0.4 is 0 Å². The summed E-state index contributed by atoms with van der Waals surface area (Å²) in [5.41, 5.74) is -0.0214. The van der Waals surface area contributed by atoms with Crippen LogP contribution in [0.15, 0.2) is 0 Å². The predicted octanol–water partition coefficient (Wildman–Crippen LogP) is 2.84. The molecule has 2 heteroatoms. The van der Waals surface area contributed by atoms with E-state index in [1.807, 2.05) is 0 Å². The fourth-order valence-corrected chi connectivity index (χ4v) is 2.93. The molecule has 1 fully saturated rings. The highest BCUT2D eigenvalue weighted by Crippen LogP contribution is 2.37. The average Bonchev–Trinajstić information content (AvgIpc) is 2.13. The molecule has 0 amide bonds. The number of hydrogen-bond donors (Lipinski definition) is 1. The molecule has 0 radical (unpaired) electrons. The van der Waals surface area contributed by atoms with Crippen molar-refractivity contribution in [3.05, 3.63) is 0 Å². The largest absolute Gasteiger partial charge is 0.393 e. The molecule has 15 heavy (non-hydrogen) atoms. The van der Waals surface area contributed by atoms with Gasteiger partial charge in [-0.05, 0) is 50.9 Å². The summed E-state index contributed by atoms with van der Waals surface area (Å²) in [4.78, 5) is 0. The van der Waals surface area contributed by atoms with Crippen LogP contribution in [0.1, 0.15) is 47.0 Å². The van der Waals surface area contributed by atoms with Gasteiger partial charge in [0.05, 0.1) is 11.7 Å². The highest BCUT2D eigenvalue weighted by molar-refractivity contribution is 4.85. The molecule has 90 valence electrons. The van der Waals surface area contributed by atoms with Crippen LogP contribution in [0.3, 0.4) is 0 Å². The van der Waals surface area contributed by atoms with Gasteiger partial charge in [0.25, 0.3) is 0 Å². The van der Waals surface area contributed by atoms with Crippen LogP contribution in [-0.2, 0) is 4.74 Å². The third kappa shape index (κ3) is 3.46. The van der Waals surface area contributed by atoms with E-state index in [1.54, 1.807) is 7.11 Å². The molecule has 0 aliphatic heterocycles. The second-order valence-corrected chi connectivity index (χ2v) is 5.95. The van der Waals surface area contributed by atoms with Crippen molar-refractivity contribution < 1.29 is 9.84 Å². The van der Waals surface area contributed by atoms with Crippen molar-refractivity contribution in [2.75, 3.05) is 7.11 Å². The fraction of sp³-hybridized carbons (Fsp3) is 1.00. The number of methoxy groups -OCH3 is 1. The molecular weight excluding hydrogens is 188 g/mol. The van der Waals surface area contributed by atoms with Crippen molar-refractivity contribution >= 4 is 0 Å². The second-order valence-electron chi connectivity index (χ2n) is 5.95. The van der Waals surface area contributed by atoms with Crippen molar-refractivity contribution in [1.29, 1.82) is 0 Å². The standard InChI is InChI=1S/C13H26O2/c1-9-6-11(7-10(2)12(9)14)8-13(3,4)15-5/h9-12,14H,6-8H2,1-5H3. The van der Waals surface area contributed by atoms with Gasteiger partial charge >= 0.3 is 0 Å². The van der Waals surface area contributed by atoms with Gasteiger partial charge in [0.1, 0.15) is 0 Å². The highest BCUT2D eigenvalue weighted by Gasteiger charge is 2.34. The van der Waals surface area contributed by atoms with Gasteiger partial charge in [0.2, 0.25) is 0 Å². The van der Waals surface area contributed by atoms with E-state index in [1.165, 1.54) is 0 Å². The summed E-state index contributed by atoms with van der Waals surface area (Å²) in [7, 11) is 1.78. The van der Waals surface area contributed by atoms with E-state index < -0.39 is 0 Å². The topological polar surface area (TPSA) is 29.5 Å². The first-order valence-electron chi connectivity index (χ1n) is 6.09. The predicted molar refractivity (Wildman–Crippen MR) is 62.8 cm³/mol. The van der Waals surface area contributed by atoms with E-state index >= 15 is 0 Å². The zero-order valence-corrected chi connectivity index (χ0v) is 10.8. The van der Waals surface area contributed by atoms with Gasteiger partial charge in [0, 0.05) is 7.11 Å². The Kier molecular flexibility index (Phi) is 4.19. The van der Waals surface area contributed by atoms with Crippen LogP contribution in [0.5, 0.6) is 0 Å². The van der Waals surface area contributed by atoms with Gasteiger partial charge in [-0.3, -0.25) is 0 Å². The van der Waals surface area contributed by atoms with Gasteiger partial charge < -0.3 is 9.84 Å². The van der Waals surface area contributed by atoms with Crippen molar-refractivity contribution in [3.63, 3.8) is 0 Å². The van der Waals surface area contributed by atoms with Crippen LogP contribution in [0.25, 0.3) is 0 Å². The molecular formula is C13H26O2. The summed E-state index contributed by atoms with van der Waals surface area (Å²) in [6.07, 6.45) is 3.27. The third-order valence-electron chi connectivity index (χ3n) is 3.91. The molecule has 1 aliphatic rings. The Labute approximate surface area is 94.0 Å². The summed E-state index contributed by atoms with van der Waals surface area (Å²) in [6.45, 7) is 8.61. The van der Waals surface area contributed by atoms with Crippen molar-refractivity contribution in [2.24, 2.45) is 17.8 Å². The van der Waals surface area contributed by atoms with Crippen LogP contribution in [-0.4, -0.2) is 23.9 Å². The molecule has 0 saturated heterocycles. The molecule has 2 nitrogen and oxygen atoms in total. The van der Waals surface area contributed by atoms with E-state index in [4.69, 9.17) is 4.74 Å². The molecule has 0 aromatic heterocycles. The number of rotatable bonds is 3. The monoisotopic (exact) mass is 214 g/mol. The highest BCUT2D eigenvalue weighted by atomic mass is 16.5. The molecule has 0 heterocycles. The normalized spacial score (nSPS) is 38.0. The lowest BCUT2D eigenvalue weighted by atomic mass is 9.71. The Morgan fingerprint density at radius 2 is 1.67 bits per heavy atom. The number of aliphatic hydroxyl groups excluding tert-OH is 1. The molecule has 0 aromatic rings. The lowest BCUT2D eigenvalue weighted by Crippen LogP contribution is -2.37. The van der Waals surface area contributed by atoms with E-state index in [9.17, 15) is 5.11 Å².